The number of hydrogen-bond acceptors (Lipinski definition) is 8. The topological polar surface area (TPSA) is 78.4 Å². The van der Waals surface area contributed by atoms with E-state index in [0.29, 0.717) is 22.5 Å². The summed E-state index contributed by atoms with van der Waals surface area (Å²) in [6, 6.07) is 13.8. The Morgan fingerprint density at radius 1 is 1.00 bits per heavy atom. The Labute approximate surface area is 191 Å². The van der Waals surface area contributed by atoms with Crippen LogP contribution in [0.2, 0.25) is 0 Å². The van der Waals surface area contributed by atoms with Crippen molar-refractivity contribution in [1.29, 1.82) is 0 Å². The first-order valence-electron chi connectivity index (χ1n) is 11.1. The van der Waals surface area contributed by atoms with Crippen LogP contribution in [0.25, 0.3) is 11.3 Å². The van der Waals surface area contributed by atoms with Gasteiger partial charge in [0.25, 0.3) is 0 Å². The molecule has 0 fully saturated rings. The zero-order chi connectivity index (χ0) is 21.8. The number of benzene rings is 2. The van der Waals surface area contributed by atoms with Crippen molar-refractivity contribution >= 4 is 17.4 Å². The summed E-state index contributed by atoms with van der Waals surface area (Å²) in [6.07, 6.45) is 5.76. The fourth-order valence-electron chi connectivity index (χ4n) is 3.80. The molecule has 5 rings (SSSR count). The summed E-state index contributed by atoms with van der Waals surface area (Å²) in [5, 5.41) is 13.0. The van der Waals surface area contributed by atoms with Gasteiger partial charge in [-0.15, -0.1) is 10.2 Å². The third-order valence-corrected chi connectivity index (χ3v) is 6.44. The maximum absolute atomic E-state index is 6.35. The van der Waals surface area contributed by atoms with Crippen molar-refractivity contribution in [1.82, 2.24) is 15.2 Å². The van der Waals surface area contributed by atoms with E-state index in [2.05, 4.69) is 22.4 Å². The minimum atomic E-state index is -0.449. The Morgan fingerprint density at radius 3 is 2.81 bits per heavy atom. The van der Waals surface area contributed by atoms with E-state index < -0.39 is 6.23 Å². The van der Waals surface area contributed by atoms with Gasteiger partial charge in [0.2, 0.25) is 17.8 Å². The Balaban J connectivity index is 1.40. The van der Waals surface area contributed by atoms with Gasteiger partial charge >= 0.3 is 0 Å². The van der Waals surface area contributed by atoms with Crippen molar-refractivity contribution in [3.05, 3.63) is 48.0 Å². The number of thioether (sulfide) groups is 1. The second-order valence-electron chi connectivity index (χ2n) is 7.81. The molecule has 0 saturated carbocycles. The molecular weight excluding hydrogens is 424 g/mol. The van der Waals surface area contributed by atoms with Crippen LogP contribution in [-0.2, 0) is 0 Å². The molecule has 0 unspecified atom stereocenters. The van der Waals surface area contributed by atoms with Crippen molar-refractivity contribution in [2.24, 2.45) is 0 Å². The lowest BCUT2D eigenvalue weighted by Crippen LogP contribution is -2.17. The van der Waals surface area contributed by atoms with Crippen molar-refractivity contribution in [3.8, 4) is 28.6 Å². The van der Waals surface area contributed by atoms with Crippen LogP contribution in [0.1, 0.15) is 50.8 Å². The van der Waals surface area contributed by atoms with Crippen LogP contribution in [-0.4, -0.2) is 27.7 Å². The predicted octanol–water partition coefficient (Wildman–Crippen LogP) is 5.83. The largest absolute Gasteiger partial charge is 0.454 e. The van der Waals surface area contributed by atoms with Crippen molar-refractivity contribution in [2.45, 2.75) is 50.4 Å². The molecule has 0 spiro atoms. The van der Waals surface area contributed by atoms with Gasteiger partial charge < -0.3 is 19.5 Å². The molecule has 1 atom stereocenters. The SMILES string of the molecule is CCCCCCCSc1nnc2c(n1)O[C@H](c1ccc3c(c1)OCO3)Nc1ccccc1-2. The van der Waals surface area contributed by atoms with Gasteiger partial charge in [-0.2, -0.15) is 4.98 Å². The molecule has 3 heterocycles. The second kappa shape index (κ2) is 9.65. The molecule has 0 saturated heterocycles. The van der Waals surface area contributed by atoms with Gasteiger partial charge in [0.15, 0.2) is 23.4 Å². The third kappa shape index (κ3) is 4.46. The number of anilines is 1. The molecule has 8 heteroatoms. The molecule has 1 aromatic heterocycles. The second-order valence-corrected chi connectivity index (χ2v) is 8.87. The van der Waals surface area contributed by atoms with Crippen LogP contribution < -0.4 is 19.5 Å². The molecule has 2 aromatic carbocycles. The molecule has 1 N–H and O–H groups in total. The first-order valence-corrected chi connectivity index (χ1v) is 12.1. The maximum Gasteiger partial charge on any atom is 0.247 e. The minimum absolute atomic E-state index is 0.236. The number of nitrogens with zero attached hydrogens (tertiary/aromatic N) is 3. The highest BCUT2D eigenvalue weighted by Gasteiger charge is 2.27. The number of hydrogen-bond donors (Lipinski definition) is 1. The highest BCUT2D eigenvalue weighted by molar-refractivity contribution is 7.99. The quantitative estimate of drug-likeness (QED) is 0.339. The number of para-hydroxylation sites is 1. The van der Waals surface area contributed by atoms with Crippen LogP contribution >= 0.6 is 11.8 Å². The van der Waals surface area contributed by atoms with Crippen LogP contribution in [0.5, 0.6) is 17.4 Å². The van der Waals surface area contributed by atoms with E-state index in [0.717, 1.165) is 34.7 Å². The van der Waals surface area contributed by atoms with Gasteiger partial charge in [0, 0.05) is 22.6 Å². The van der Waals surface area contributed by atoms with Crippen molar-refractivity contribution < 1.29 is 14.2 Å². The maximum atomic E-state index is 6.35. The summed E-state index contributed by atoms with van der Waals surface area (Å²) in [5.74, 6) is 2.91. The minimum Gasteiger partial charge on any atom is -0.454 e. The molecule has 7 nitrogen and oxygen atoms in total. The molecule has 3 aromatic rings. The number of fused-ring (bicyclic) bond motifs is 4. The van der Waals surface area contributed by atoms with E-state index in [4.69, 9.17) is 19.2 Å². The fourth-order valence-corrected chi connectivity index (χ4v) is 4.58. The molecule has 2 aliphatic rings. The average molecular weight is 451 g/mol. The summed E-state index contributed by atoms with van der Waals surface area (Å²) in [6.45, 7) is 2.47. The zero-order valence-electron chi connectivity index (χ0n) is 18.0. The first kappa shape index (κ1) is 20.9. The predicted molar refractivity (Wildman–Crippen MR) is 124 cm³/mol. The average Bonchev–Trinajstić information content (AvgIpc) is 3.23. The molecule has 0 radical (unpaired) electrons. The number of rotatable bonds is 8. The van der Waals surface area contributed by atoms with E-state index in [1.807, 2.05) is 42.5 Å². The molecule has 2 aliphatic heterocycles. The van der Waals surface area contributed by atoms with Crippen molar-refractivity contribution in [3.63, 3.8) is 0 Å². The highest BCUT2D eigenvalue weighted by atomic mass is 32.2. The Bertz CT molecular complexity index is 1090. The third-order valence-electron chi connectivity index (χ3n) is 5.51. The van der Waals surface area contributed by atoms with E-state index in [1.165, 1.54) is 25.7 Å². The van der Waals surface area contributed by atoms with Gasteiger partial charge in [-0.25, -0.2) is 0 Å². The molecule has 32 heavy (non-hydrogen) atoms. The lowest BCUT2D eigenvalue weighted by atomic mass is 10.1. The summed E-state index contributed by atoms with van der Waals surface area (Å²) < 4.78 is 17.3. The first-order chi connectivity index (χ1) is 15.8. The van der Waals surface area contributed by atoms with E-state index in [9.17, 15) is 0 Å². The van der Waals surface area contributed by atoms with E-state index >= 15 is 0 Å². The molecule has 166 valence electrons. The highest BCUT2D eigenvalue weighted by Crippen LogP contribution is 2.41. The number of nitrogens with one attached hydrogen (secondary N) is 1. The van der Waals surface area contributed by atoms with Gasteiger partial charge in [0.1, 0.15) is 0 Å². The number of unbranched alkanes of at least 4 members (excludes halogenated alkanes) is 4. The summed E-state index contributed by atoms with van der Waals surface area (Å²) in [4.78, 5) is 4.73. The summed E-state index contributed by atoms with van der Waals surface area (Å²) >= 11 is 1.63. The van der Waals surface area contributed by atoms with Gasteiger partial charge in [-0.3, -0.25) is 0 Å². The summed E-state index contributed by atoms with van der Waals surface area (Å²) in [5.41, 5.74) is 3.40. The number of aromatic nitrogens is 3. The zero-order valence-corrected chi connectivity index (χ0v) is 18.9. The number of ether oxygens (including phenoxy) is 3. The van der Waals surface area contributed by atoms with Crippen LogP contribution in [0.4, 0.5) is 5.69 Å². The van der Waals surface area contributed by atoms with Gasteiger partial charge in [0.05, 0.1) is 0 Å². The molecule has 0 amide bonds. The Hall–Kier alpha value is -3.00. The van der Waals surface area contributed by atoms with E-state index in [1.54, 1.807) is 11.8 Å². The van der Waals surface area contributed by atoms with Gasteiger partial charge in [-0.05, 0) is 30.7 Å². The molecule has 0 bridgehead atoms. The van der Waals surface area contributed by atoms with Crippen LogP contribution in [0.15, 0.2) is 47.6 Å². The Morgan fingerprint density at radius 2 is 1.88 bits per heavy atom. The monoisotopic (exact) mass is 450 g/mol. The Kier molecular flexibility index (Phi) is 6.29. The normalized spacial score (nSPS) is 15.8. The molecule has 0 aliphatic carbocycles. The fraction of sp³-hybridized carbons (Fsp3) is 0.375. The standard InChI is InChI=1S/C24H26N4O3S/c1-2-3-4-5-8-13-32-24-26-23-21(27-28-24)17-9-6-7-10-18(17)25-22(31-23)16-11-12-19-20(14-16)30-15-29-19/h6-7,9-12,14,22,25H,2-5,8,13,15H2,1H3/t22-/m1/s1. The van der Waals surface area contributed by atoms with E-state index in [-0.39, 0.29) is 6.79 Å². The van der Waals surface area contributed by atoms with Crippen LogP contribution in [0.3, 0.4) is 0 Å². The lowest BCUT2D eigenvalue weighted by Gasteiger charge is -2.19. The van der Waals surface area contributed by atoms with Gasteiger partial charge in [-0.1, -0.05) is 62.6 Å². The molecular formula is C24H26N4O3S. The lowest BCUT2D eigenvalue weighted by molar-refractivity contribution is 0.173. The van der Waals surface area contributed by atoms with Crippen LogP contribution in [0, 0.1) is 0 Å². The van der Waals surface area contributed by atoms with Crippen molar-refractivity contribution in [2.75, 3.05) is 17.9 Å². The summed E-state index contributed by atoms with van der Waals surface area (Å²) in [7, 11) is 0. The smallest absolute Gasteiger partial charge is 0.247 e.